The fraction of sp³-hybridized carbons (Fsp3) is 0.333. The molecule has 0 N–H and O–H groups in total. The van der Waals surface area contributed by atoms with Crippen molar-refractivity contribution in [2.45, 2.75) is 26.2 Å². The van der Waals surface area contributed by atoms with Gasteiger partial charge in [0, 0.05) is 25.9 Å². The molecule has 0 saturated heterocycles. The fourth-order valence-corrected chi connectivity index (χ4v) is 2.31. The van der Waals surface area contributed by atoms with Crippen molar-refractivity contribution in [1.29, 1.82) is 0 Å². The molecule has 0 saturated carbocycles. The standard InChI is InChI=1S/C18H19F3N2O3/c1-3-26-15-7-4-13(5-8-15)10-22(2)17(25)12-23-11-14(18(19,20)21)6-9-16(23)24/h4-9,11H,3,10,12H2,1-2H3. The van der Waals surface area contributed by atoms with Crippen LogP contribution in [0.4, 0.5) is 13.2 Å². The van der Waals surface area contributed by atoms with Gasteiger partial charge in [0.2, 0.25) is 5.91 Å². The Morgan fingerprint density at radius 2 is 1.81 bits per heavy atom. The lowest BCUT2D eigenvalue weighted by Crippen LogP contribution is -2.33. The highest BCUT2D eigenvalue weighted by Gasteiger charge is 2.31. The van der Waals surface area contributed by atoms with Crippen LogP contribution in [0.25, 0.3) is 0 Å². The largest absolute Gasteiger partial charge is 0.494 e. The number of aromatic nitrogens is 1. The van der Waals surface area contributed by atoms with Crippen LogP contribution < -0.4 is 10.3 Å². The average Bonchev–Trinajstić information content (AvgIpc) is 2.57. The van der Waals surface area contributed by atoms with Crippen LogP contribution in [0, 0.1) is 0 Å². The molecule has 2 rings (SSSR count). The predicted octanol–water partition coefficient (Wildman–Crippen LogP) is 2.92. The molecule has 8 heteroatoms. The number of halogens is 3. The monoisotopic (exact) mass is 368 g/mol. The fourth-order valence-electron chi connectivity index (χ4n) is 2.31. The number of rotatable bonds is 6. The highest BCUT2D eigenvalue weighted by molar-refractivity contribution is 5.75. The summed E-state index contributed by atoms with van der Waals surface area (Å²) in [6.07, 6.45) is -3.92. The third kappa shape index (κ3) is 5.11. The number of pyridine rings is 1. The highest BCUT2D eigenvalue weighted by atomic mass is 19.4. The van der Waals surface area contributed by atoms with Crippen molar-refractivity contribution in [2.75, 3.05) is 13.7 Å². The molecule has 2 aromatic rings. The number of nitrogens with zero attached hydrogens (tertiary/aromatic N) is 2. The molecule has 140 valence electrons. The molecule has 5 nitrogen and oxygen atoms in total. The Bertz CT molecular complexity index is 814. The molecule has 0 atom stereocenters. The summed E-state index contributed by atoms with van der Waals surface area (Å²) in [5.74, 6) is 0.237. The Labute approximate surface area is 148 Å². The van der Waals surface area contributed by atoms with Gasteiger partial charge >= 0.3 is 6.18 Å². The number of benzene rings is 1. The van der Waals surface area contributed by atoms with Crippen LogP contribution in [-0.4, -0.2) is 29.0 Å². The Morgan fingerprint density at radius 1 is 1.15 bits per heavy atom. The maximum atomic E-state index is 12.7. The first-order valence-corrected chi connectivity index (χ1v) is 7.94. The summed E-state index contributed by atoms with van der Waals surface area (Å²) in [4.78, 5) is 25.3. The van der Waals surface area contributed by atoms with Crippen molar-refractivity contribution in [1.82, 2.24) is 9.47 Å². The molecule has 1 aromatic carbocycles. The molecule has 1 amide bonds. The second kappa shape index (κ2) is 8.07. The third-order valence-electron chi connectivity index (χ3n) is 3.70. The van der Waals surface area contributed by atoms with Crippen molar-refractivity contribution < 1.29 is 22.7 Å². The first-order chi connectivity index (χ1) is 12.2. The van der Waals surface area contributed by atoms with E-state index in [1.807, 2.05) is 6.92 Å². The maximum Gasteiger partial charge on any atom is 0.417 e. The first-order valence-electron chi connectivity index (χ1n) is 7.94. The molecule has 0 aliphatic heterocycles. The van der Waals surface area contributed by atoms with Gasteiger partial charge in [0.15, 0.2) is 0 Å². The zero-order valence-corrected chi connectivity index (χ0v) is 14.4. The summed E-state index contributed by atoms with van der Waals surface area (Å²) in [5.41, 5.74) is -0.805. The summed E-state index contributed by atoms with van der Waals surface area (Å²) in [5, 5.41) is 0. The Hall–Kier alpha value is -2.77. The average molecular weight is 368 g/mol. The zero-order chi connectivity index (χ0) is 19.3. The lowest BCUT2D eigenvalue weighted by atomic mass is 10.2. The van der Waals surface area contributed by atoms with Crippen molar-refractivity contribution >= 4 is 5.91 Å². The predicted molar refractivity (Wildman–Crippen MR) is 89.8 cm³/mol. The van der Waals surface area contributed by atoms with Gasteiger partial charge in [-0.1, -0.05) is 12.1 Å². The van der Waals surface area contributed by atoms with Gasteiger partial charge in [-0.25, -0.2) is 0 Å². The lowest BCUT2D eigenvalue weighted by molar-refractivity contribution is -0.138. The van der Waals surface area contributed by atoms with Crippen LogP contribution in [0.15, 0.2) is 47.4 Å². The normalized spacial score (nSPS) is 11.3. The van der Waals surface area contributed by atoms with Gasteiger partial charge in [-0.15, -0.1) is 0 Å². The Balaban J connectivity index is 2.06. The molecule has 0 spiro atoms. The summed E-state index contributed by atoms with van der Waals surface area (Å²) in [6.45, 7) is 2.22. The summed E-state index contributed by atoms with van der Waals surface area (Å²) < 4.78 is 44.3. The topological polar surface area (TPSA) is 51.5 Å². The Kier molecular flexibility index (Phi) is 6.07. The van der Waals surface area contributed by atoms with E-state index in [1.54, 1.807) is 24.3 Å². The van der Waals surface area contributed by atoms with E-state index in [4.69, 9.17) is 4.74 Å². The van der Waals surface area contributed by atoms with E-state index in [0.717, 1.165) is 16.2 Å². The van der Waals surface area contributed by atoms with E-state index in [0.29, 0.717) is 24.6 Å². The van der Waals surface area contributed by atoms with E-state index >= 15 is 0 Å². The zero-order valence-electron chi connectivity index (χ0n) is 14.4. The number of hydrogen-bond donors (Lipinski definition) is 0. The molecular weight excluding hydrogens is 349 g/mol. The molecular formula is C18H19F3N2O3. The van der Waals surface area contributed by atoms with Crippen LogP contribution in [0.3, 0.4) is 0 Å². The molecule has 0 radical (unpaired) electrons. The number of carbonyl (C=O) groups is 1. The van der Waals surface area contributed by atoms with Gasteiger partial charge in [-0.05, 0) is 30.7 Å². The van der Waals surface area contributed by atoms with Gasteiger partial charge < -0.3 is 14.2 Å². The molecule has 0 fully saturated rings. The maximum absolute atomic E-state index is 12.7. The SMILES string of the molecule is CCOc1ccc(CN(C)C(=O)Cn2cc(C(F)(F)F)ccc2=O)cc1. The first kappa shape index (κ1) is 19.6. The van der Waals surface area contributed by atoms with Crippen LogP contribution in [0.1, 0.15) is 18.1 Å². The minimum absolute atomic E-state index is 0.263. The van der Waals surface area contributed by atoms with E-state index in [2.05, 4.69) is 0 Å². The second-order valence-corrected chi connectivity index (χ2v) is 5.71. The number of amides is 1. The van der Waals surface area contributed by atoms with Crippen LogP contribution in [-0.2, 0) is 24.1 Å². The molecule has 0 aliphatic carbocycles. The summed E-state index contributed by atoms with van der Waals surface area (Å²) >= 11 is 0. The second-order valence-electron chi connectivity index (χ2n) is 5.71. The lowest BCUT2D eigenvalue weighted by Gasteiger charge is -2.18. The van der Waals surface area contributed by atoms with Crippen LogP contribution >= 0.6 is 0 Å². The van der Waals surface area contributed by atoms with E-state index in [9.17, 15) is 22.8 Å². The minimum Gasteiger partial charge on any atom is -0.494 e. The number of alkyl halides is 3. The smallest absolute Gasteiger partial charge is 0.417 e. The Morgan fingerprint density at radius 3 is 2.38 bits per heavy atom. The molecule has 0 aliphatic rings. The number of ether oxygens (including phenoxy) is 1. The van der Waals surface area contributed by atoms with Crippen LogP contribution in [0.2, 0.25) is 0 Å². The number of carbonyl (C=O) groups excluding carboxylic acids is 1. The molecule has 0 bridgehead atoms. The van der Waals surface area contributed by atoms with Crippen molar-refractivity contribution in [3.63, 3.8) is 0 Å². The third-order valence-corrected chi connectivity index (χ3v) is 3.70. The number of hydrogen-bond acceptors (Lipinski definition) is 3. The summed E-state index contributed by atoms with van der Waals surface area (Å²) in [7, 11) is 1.53. The number of likely N-dealkylation sites (N-methyl/N-ethyl adjacent to an activating group) is 1. The van der Waals surface area contributed by atoms with E-state index < -0.39 is 29.8 Å². The van der Waals surface area contributed by atoms with Gasteiger partial charge in [0.25, 0.3) is 5.56 Å². The molecule has 1 heterocycles. The van der Waals surface area contributed by atoms with Crippen LogP contribution in [0.5, 0.6) is 5.75 Å². The van der Waals surface area contributed by atoms with Crippen molar-refractivity contribution in [2.24, 2.45) is 0 Å². The van der Waals surface area contributed by atoms with Gasteiger partial charge in [-0.2, -0.15) is 13.2 Å². The quantitative estimate of drug-likeness (QED) is 0.788. The summed E-state index contributed by atoms with van der Waals surface area (Å²) in [6, 6.07) is 8.65. The van der Waals surface area contributed by atoms with E-state index in [-0.39, 0.29) is 6.54 Å². The molecule has 1 aromatic heterocycles. The molecule has 0 unspecified atom stereocenters. The van der Waals surface area contributed by atoms with Gasteiger partial charge in [0.05, 0.1) is 12.2 Å². The van der Waals surface area contributed by atoms with E-state index in [1.165, 1.54) is 11.9 Å². The van der Waals surface area contributed by atoms with Gasteiger partial charge in [-0.3, -0.25) is 9.59 Å². The molecule has 26 heavy (non-hydrogen) atoms. The van der Waals surface area contributed by atoms with Gasteiger partial charge in [0.1, 0.15) is 12.3 Å². The van der Waals surface area contributed by atoms with Crippen molar-refractivity contribution in [3.05, 3.63) is 64.1 Å². The highest BCUT2D eigenvalue weighted by Crippen LogP contribution is 2.28. The minimum atomic E-state index is -4.58. The van der Waals surface area contributed by atoms with Crippen molar-refractivity contribution in [3.8, 4) is 5.75 Å².